The van der Waals surface area contributed by atoms with Gasteiger partial charge in [-0.3, -0.25) is 10.00 Å². The molecule has 0 aromatic carbocycles. The lowest BCUT2D eigenvalue weighted by atomic mass is 10.0. The molecule has 2 aliphatic rings. The summed E-state index contributed by atoms with van der Waals surface area (Å²) >= 11 is 0. The average Bonchev–Trinajstić information content (AvgIpc) is 2.93. The summed E-state index contributed by atoms with van der Waals surface area (Å²) in [5.41, 5.74) is 3.47. The molecule has 5 heteroatoms. The molecule has 0 amide bonds. The number of morpholine rings is 1. The lowest BCUT2D eigenvalue weighted by molar-refractivity contribution is -0.0159. The first kappa shape index (κ1) is 15.0. The first-order valence-corrected chi connectivity index (χ1v) is 8.55. The number of nitrogens with one attached hydrogen (secondary N) is 1. The van der Waals surface area contributed by atoms with E-state index in [1.54, 1.807) is 0 Å². The van der Waals surface area contributed by atoms with E-state index in [1.165, 1.54) is 12.0 Å². The van der Waals surface area contributed by atoms with E-state index in [9.17, 15) is 0 Å². The Labute approximate surface area is 137 Å². The number of rotatable bonds is 4. The van der Waals surface area contributed by atoms with Crippen LogP contribution in [0.1, 0.15) is 53.8 Å². The molecular weight excluding hydrogens is 290 g/mol. The predicted molar refractivity (Wildman–Crippen MR) is 87.3 cm³/mol. The van der Waals surface area contributed by atoms with Crippen molar-refractivity contribution in [2.75, 3.05) is 19.8 Å². The zero-order valence-electron chi connectivity index (χ0n) is 14.1. The van der Waals surface area contributed by atoms with Gasteiger partial charge in [0.1, 0.15) is 11.5 Å². The summed E-state index contributed by atoms with van der Waals surface area (Å²) in [4.78, 5) is 2.45. The van der Waals surface area contributed by atoms with E-state index < -0.39 is 0 Å². The molecule has 2 fully saturated rings. The fraction of sp³-hybridized carbons (Fsp3) is 0.611. The molecule has 2 aromatic heterocycles. The summed E-state index contributed by atoms with van der Waals surface area (Å²) in [5, 5.41) is 7.44. The molecule has 5 nitrogen and oxygen atoms in total. The second kappa shape index (κ2) is 5.80. The Balaban J connectivity index is 1.53. The van der Waals surface area contributed by atoms with Crippen LogP contribution in [0.2, 0.25) is 0 Å². The molecular formula is C18H25N3O2. The van der Waals surface area contributed by atoms with Crippen molar-refractivity contribution in [3.05, 3.63) is 40.6 Å². The van der Waals surface area contributed by atoms with E-state index in [0.717, 1.165) is 48.5 Å². The highest BCUT2D eigenvalue weighted by Crippen LogP contribution is 2.47. The maximum absolute atomic E-state index is 6.10. The van der Waals surface area contributed by atoms with Gasteiger partial charge in [-0.25, -0.2) is 0 Å². The SMILES string of the molecule is Cc1n[nH]c(C)c1C1COCCN1Cc1ccc(C2CC2C)o1. The van der Waals surface area contributed by atoms with Crippen LogP contribution < -0.4 is 0 Å². The molecule has 2 aromatic rings. The minimum atomic E-state index is 0.246. The van der Waals surface area contributed by atoms with Crippen molar-refractivity contribution < 1.29 is 9.15 Å². The summed E-state index contributed by atoms with van der Waals surface area (Å²) in [5.74, 6) is 3.64. The van der Waals surface area contributed by atoms with Crippen LogP contribution in [0.15, 0.2) is 16.5 Å². The molecule has 0 radical (unpaired) electrons. The van der Waals surface area contributed by atoms with Gasteiger partial charge in [0.2, 0.25) is 0 Å². The molecule has 3 atom stereocenters. The van der Waals surface area contributed by atoms with Gasteiger partial charge in [0.05, 0.1) is 31.5 Å². The van der Waals surface area contributed by atoms with Crippen LogP contribution in [0.25, 0.3) is 0 Å². The molecule has 1 aliphatic heterocycles. The zero-order valence-corrected chi connectivity index (χ0v) is 14.1. The number of H-pyrrole nitrogens is 1. The molecule has 124 valence electrons. The molecule has 3 heterocycles. The molecule has 1 saturated carbocycles. The summed E-state index contributed by atoms with van der Waals surface area (Å²) in [6.45, 7) is 9.68. The molecule has 1 aliphatic carbocycles. The summed E-state index contributed by atoms with van der Waals surface area (Å²) < 4.78 is 11.8. The molecule has 1 N–H and O–H groups in total. The number of furan rings is 1. The maximum atomic E-state index is 6.10. The fourth-order valence-electron chi connectivity index (χ4n) is 3.74. The van der Waals surface area contributed by atoms with E-state index in [0.29, 0.717) is 12.5 Å². The molecule has 4 rings (SSSR count). The molecule has 1 saturated heterocycles. The number of hydrogen-bond acceptors (Lipinski definition) is 4. The minimum absolute atomic E-state index is 0.246. The van der Waals surface area contributed by atoms with Crippen LogP contribution >= 0.6 is 0 Å². The summed E-state index contributed by atoms with van der Waals surface area (Å²) in [6.07, 6.45) is 1.26. The quantitative estimate of drug-likeness (QED) is 0.940. The predicted octanol–water partition coefficient (Wildman–Crippen LogP) is 3.32. The van der Waals surface area contributed by atoms with Gasteiger partial charge in [0.15, 0.2) is 0 Å². The number of aromatic nitrogens is 2. The summed E-state index contributed by atoms with van der Waals surface area (Å²) in [6, 6.07) is 4.55. The zero-order chi connectivity index (χ0) is 16.0. The summed E-state index contributed by atoms with van der Waals surface area (Å²) in [7, 11) is 0. The topological polar surface area (TPSA) is 54.3 Å². The van der Waals surface area contributed by atoms with Gasteiger partial charge < -0.3 is 9.15 Å². The lowest BCUT2D eigenvalue weighted by Crippen LogP contribution is -2.39. The Bertz CT molecular complexity index is 671. The highest BCUT2D eigenvalue weighted by Gasteiger charge is 2.37. The van der Waals surface area contributed by atoms with E-state index in [-0.39, 0.29) is 6.04 Å². The van der Waals surface area contributed by atoms with Crippen LogP contribution in [0.3, 0.4) is 0 Å². The van der Waals surface area contributed by atoms with Crippen molar-refractivity contribution in [2.24, 2.45) is 5.92 Å². The normalized spacial score (nSPS) is 28.2. The van der Waals surface area contributed by atoms with Gasteiger partial charge in [0, 0.05) is 23.7 Å². The van der Waals surface area contributed by atoms with Crippen molar-refractivity contribution in [1.82, 2.24) is 15.1 Å². The number of aryl methyl sites for hydroxylation is 2. The molecule has 23 heavy (non-hydrogen) atoms. The Morgan fingerprint density at radius 1 is 1.35 bits per heavy atom. The Kier molecular flexibility index (Phi) is 3.77. The second-order valence-electron chi connectivity index (χ2n) is 7.03. The van der Waals surface area contributed by atoms with Crippen molar-refractivity contribution in [3.63, 3.8) is 0 Å². The average molecular weight is 315 g/mol. The van der Waals surface area contributed by atoms with Crippen LogP contribution in [-0.4, -0.2) is 34.9 Å². The van der Waals surface area contributed by atoms with Gasteiger partial charge in [-0.2, -0.15) is 5.10 Å². The molecule has 3 unspecified atom stereocenters. The van der Waals surface area contributed by atoms with E-state index in [4.69, 9.17) is 9.15 Å². The maximum Gasteiger partial charge on any atom is 0.118 e. The minimum Gasteiger partial charge on any atom is -0.464 e. The smallest absolute Gasteiger partial charge is 0.118 e. The first-order chi connectivity index (χ1) is 11.1. The van der Waals surface area contributed by atoms with E-state index in [1.807, 2.05) is 0 Å². The van der Waals surface area contributed by atoms with Crippen LogP contribution in [-0.2, 0) is 11.3 Å². The third kappa shape index (κ3) is 2.83. The van der Waals surface area contributed by atoms with Crippen molar-refractivity contribution in [2.45, 2.75) is 45.7 Å². The number of aromatic amines is 1. The van der Waals surface area contributed by atoms with Crippen molar-refractivity contribution >= 4 is 0 Å². The third-order valence-corrected chi connectivity index (χ3v) is 5.27. The highest BCUT2D eigenvalue weighted by molar-refractivity contribution is 5.28. The first-order valence-electron chi connectivity index (χ1n) is 8.55. The van der Waals surface area contributed by atoms with Crippen LogP contribution in [0.5, 0.6) is 0 Å². The van der Waals surface area contributed by atoms with Gasteiger partial charge in [-0.15, -0.1) is 0 Å². The highest BCUT2D eigenvalue weighted by atomic mass is 16.5. The largest absolute Gasteiger partial charge is 0.464 e. The Morgan fingerprint density at radius 2 is 2.17 bits per heavy atom. The second-order valence-corrected chi connectivity index (χ2v) is 7.03. The molecule has 0 bridgehead atoms. The number of nitrogens with zero attached hydrogens (tertiary/aromatic N) is 2. The van der Waals surface area contributed by atoms with E-state index >= 15 is 0 Å². The van der Waals surface area contributed by atoms with Gasteiger partial charge >= 0.3 is 0 Å². The van der Waals surface area contributed by atoms with Crippen molar-refractivity contribution in [1.29, 1.82) is 0 Å². The molecule has 0 spiro atoms. The van der Waals surface area contributed by atoms with Crippen LogP contribution in [0.4, 0.5) is 0 Å². The number of ether oxygens (including phenoxy) is 1. The Morgan fingerprint density at radius 3 is 2.87 bits per heavy atom. The third-order valence-electron chi connectivity index (χ3n) is 5.27. The van der Waals surface area contributed by atoms with Gasteiger partial charge in [-0.1, -0.05) is 6.92 Å². The van der Waals surface area contributed by atoms with Gasteiger partial charge in [0.25, 0.3) is 0 Å². The standard InChI is InChI=1S/C18H25N3O2/c1-11-8-15(11)17-5-4-14(23-17)9-21-6-7-22-10-16(21)18-12(2)19-20-13(18)3/h4-5,11,15-16H,6-10H2,1-3H3,(H,19,20). The van der Waals surface area contributed by atoms with E-state index in [2.05, 4.69) is 48.0 Å². The van der Waals surface area contributed by atoms with Crippen molar-refractivity contribution in [3.8, 4) is 0 Å². The van der Waals surface area contributed by atoms with Gasteiger partial charge in [-0.05, 0) is 38.3 Å². The lowest BCUT2D eigenvalue weighted by Gasteiger charge is -2.35. The van der Waals surface area contributed by atoms with Crippen LogP contribution in [0, 0.1) is 19.8 Å². The number of hydrogen-bond donors (Lipinski definition) is 1. The Hall–Kier alpha value is -1.59. The monoisotopic (exact) mass is 315 g/mol. The fourth-order valence-corrected chi connectivity index (χ4v) is 3.74.